The van der Waals surface area contributed by atoms with Crippen molar-refractivity contribution in [1.29, 1.82) is 0 Å². The molecule has 0 saturated carbocycles. The largest absolute Gasteiger partial charge is 0.311 e. The lowest BCUT2D eigenvalue weighted by Gasteiger charge is -2.37. The van der Waals surface area contributed by atoms with Gasteiger partial charge in [-0.05, 0) is 24.2 Å². The summed E-state index contributed by atoms with van der Waals surface area (Å²) in [4.78, 5) is 2.71. The molecule has 3 rings (SSSR count). The third-order valence-electron chi connectivity index (χ3n) is 4.03. The summed E-state index contributed by atoms with van der Waals surface area (Å²) in [7, 11) is 0. The fourth-order valence-electron chi connectivity index (χ4n) is 3.03. The average Bonchev–Trinajstić information content (AvgIpc) is 2.94. The Kier molecular flexibility index (Phi) is 4.24. The number of hydrogen-bond acceptors (Lipinski definition) is 3. The quantitative estimate of drug-likeness (QED) is 0.897. The highest BCUT2D eigenvalue weighted by molar-refractivity contribution is 7.99. The van der Waals surface area contributed by atoms with Crippen molar-refractivity contribution in [3.8, 4) is 0 Å². The van der Waals surface area contributed by atoms with Crippen LogP contribution in [0.1, 0.15) is 12.0 Å². The Bertz CT molecular complexity index is 362. The smallest absolute Gasteiger partial charge is 0.0236 e. The zero-order valence-electron chi connectivity index (χ0n) is 10.8. The van der Waals surface area contributed by atoms with Gasteiger partial charge in [-0.2, -0.15) is 11.8 Å². The highest BCUT2D eigenvalue weighted by Gasteiger charge is 2.27. The second-order valence-corrected chi connectivity index (χ2v) is 6.50. The standard InChI is InChI=1S/C15H22N2S/c1-2-4-13(5-3-1)10-14-11-17(8-7-16-14)15-6-9-18-12-15/h1-5,14-16H,6-12H2. The number of nitrogens with zero attached hydrogens (tertiary/aromatic N) is 1. The molecular formula is C15H22N2S. The molecule has 2 aliphatic rings. The summed E-state index contributed by atoms with van der Waals surface area (Å²) in [6.07, 6.45) is 2.56. The van der Waals surface area contributed by atoms with Gasteiger partial charge in [0.05, 0.1) is 0 Å². The molecule has 0 aliphatic carbocycles. The predicted molar refractivity (Wildman–Crippen MR) is 79.2 cm³/mol. The molecule has 0 radical (unpaired) electrons. The summed E-state index contributed by atoms with van der Waals surface area (Å²) in [6, 6.07) is 12.3. The Morgan fingerprint density at radius 2 is 2.17 bits per heavy atom. The molecule has 0 spiro atoms. The van der Waals surface area contributed by atoms with Crippen LogP contribution in [-0.2, 0) is 6.42 Å². The van der Waals surface area contributed by atoms with E-state index in [1.165, 1.54) is 36.6 Å². The molecule has 2 unspecified atom stereocenters. The molecule has 2 heterocycles. The summed E-state index contributed by atoms with van der Waals surface area (Å²) < 4.78 is 0. The third-order valence-corrected chi connectivity index (χ3v) is 5.18. The third kappa shape index (κ3) is 3.08. The summed E-state index contributed by atoms with van der Waals surface area (Å²) in [6.45, 7) is 3.61. The number of hydrogen-bond donors (Lipinski definition) is 1. The van der Waals surface area contributed by atoms with Crippen molar-refractivity contribution in [2.24, 2.45) is 0 Å². The van der Waals surface area contributed by atoms with Gasteiger partial charge < -0.3 is 5.32 Å². The van der Waals surface area contributed by atoms with Gasteiger partial charge in [0.15, 0.2) is 0 Å². The van der Waals surface area contributed by atoms with Crippen LogP contribution in [0.2, 0.25) is 0 Å². The van der Waals surface area contributed by atoms with Crippen molar-refractivity contribution < 1.29 is 0 Å². The minimum Gasteiger partial charge on any atom is -0.311 e. The highest BCUT2D eigenvalue weighted by atomic mass is 32.2. The van der Waals surface area contributed by atoms with E-state index in [0.29, 0.717) is 6.04 Å². The molecule has 2 atom stereocenters. The van der Waals surface area contributed by atoms with Gasteiger partial charge in [0.1, 0.15) is 0 Å². The molecule has 3 heteroatoms. The maximum Gasteiger partial charge on any atom is 0.0236 e. The summed E-state index contributed by atoms with van der Waals surface area (Å²) >= 11 is 2.12. The second-order valence-electron chi connectivity index (χ2n) is 5.35. The van der Waals surface area contributed by atoms with Gasteiger partial charge in [-0.1, -0.05) is 30.3 Å². The molecule has 2 fully saturated rings. The molecule has 1 aromatic carbocycles. The van der Waals surface area contributed by atoms with E-state index in [4.69, 9.17) is 0 Å². The van der Waals surface area contributed by atoms with Crippen LogP contribution < -0.4 is 5.32 Å². The highest BCUT2D eigenvalue weighted by Crippen LogP contribution is 2.23. The number of piperazine rings is 1. The van der Waals surface area contributed by atoms with E-state index < -0.39 is 0 Å². The van der Waals surface area contributed by atoms with Gasteiger partial charge in [0, 0.05) is 37.5 Å². The van der Waals surface area contributed by atoms with Crippen molar-refractivity contribution >= 4 is 11.8 Å². The van der Waals surface area contributed by atoms with E-state index in [9.17, 15) is 0 Å². The molecule has 1 aromatic rings. The Morgan fingerprint density at radius 3 is 2.94 bits per heavy atom. The van der Waals surface area contributed by atoms with Crippen molar-refractivity contribution in [1.82, 2.24) is 10.2 Å². The number of nitrogens with one attached hydrogen (secondary N) is 1. The van der Waals surface area contributed by atoms with Gasteiger partial charge in [-0.25, -0.2) is 0 Å². The fourth-order valence-corrected chi connectivity index (χ4v) is 4.28. The van der Waals surface area contributed by atoms with E-state index >= 15 is 0 Å². The molecule has 0 aromatic heterocycles. The van der Waals surface area contributed by atoms with E-state index in [1.807, 2.05) is 0 Å². The molecule has 2 saturated heterocycles. The SMILES string of the molecule is c1ccc(CC2CN(C3CCSC3)CCN2)cc1. The van der Waals surface area contributed by atoms with E-state index in [1.54, 1.807) is 0 Å². The van der Waals surface area contributed by atoms with Crippen molar-refractivity contribution in [2.45, 2.75) is 24.9 Å². The molecule has 2 aliphatic heterocycles. The Labute approximate surface area is 114 Å². The minimum atomic E-state index is 0.631. The number of thioether (sulfide) groups is 1. The fraction of sp³-hybridized carbons (Fsp3) is 0.600. The zero-order valence-corrected chi connectivity index (χ0v) is 11.7. The minimum absolute atomic E-state index is 0.631. The van der Waals surface area contributed by atoms with Gasteiger partial charge in [-0.15, -0.1) is 0 Å². The van der Waals surface area contributed by atoms with Crippen LogP contribution in [0, 0.1) is 0 Å². The van der Waals surface area contributed by atoms with Gasteiger partial charge in [-0.3, -0.25) is 4.90 Å². The topological polar surface area (TPSA) is 15.3 Å². The lowest BCUT2D eigenvalue weighted by atomic mass is 10.0. The zero-order chi connectivity index (χ0) is 12.2. The van der Waals surface area contributed by atoms with Crippen LogP contribution in [0.4, 0.5) is 0 Å². The molecule has 18 heavy (non-hydrogen) atoms. The van der Waals surface area contributed by atoms with Crippen LogP contribution in [-0.4, -0.2) is 48.1 Å². The first kappa shape index (κ1) is 12.5. The van der Waals surface area contributed by atoms with Crippen LogP contribution >= 0.6 is 11.8 Å². The first-order valence-corrected chi connectivity index (χ1v) is 8.16. The van der Waals surface area contributed by atoms with Gasteiger partial charge in [0.2, 0.25) is 0 Å². The van der Waals surface area contributed by atoms with Crippen molar-refractivity contribution in [3.05, 3.63) is 35.9 Å². The maximum absolute atomic E-state index is 3.67. The van der Waals surface area contributed by atoms with Crippen molar-refractivity contribution in [3.63, 3.8) is 0 Å². The van der Waals surface area contributed by atoms with Crippen LogP contribution in [0.25, 0.3) is 0 Å². The van der Waals surface area contributed by atoms with E-state index in [0.717, 1.165) is 19.0 Å². The molecular weight excluding hydrogens is 240 g/mol. The predicted octanol–water partition coefficient (Wildman–Crippen LogP) is 2.01. The van der Waals surface area contributed by atoms with E-state index in [-0.39, 0.29) is 0 Å². The molecule has 98 valence electrons. The lowest BCUT2D eigenvalue weighted by molar-refractivity contribution is 0.155. The average molecular weight is 262 g/mol. The Morgan fingerprint density at radius 1 is 1.28 bits per heavy atom. The van der Waals surface area contributed by atoms with Crippen LogP contribution in [0.5, 0.6) is 0 Å². The van der Waals surface area contributed by atoms with Crippen LogP contribution in [0.3, 0.4) is 0 Å². The first-order valence-electron chi connectivity index (χ1n) is 7.01. The second kappa shape index (κ2) is 6.09. The monoisotopic (exact) mass is 262 g/mol. The lowest BCUT2D eigenvalue weighted by Crippen LogP contribution is -2.54. The molecule has 2 nitrogen and oxygen atoms in total. The Hall–Kier alpha value is -0.510. The first-order chi connectivity index (χ1) is 8.92. The van der Waals surface area contributed by atoms with E-state index in [2.05, 4.69) is 52.3 Å². The normalized spacial score (nSPS) is 29.6. The maximum atomic E-state index is 3.67. The number of benzene rings is 1. The molecule has 0 bridgehead atoms. The van der Waals surface area contributed by atoms with Crippen LogP contribution in [0.15, 0.2) is 30.3 Å². The molecule has 0 amide bonds. The van der Waals surface area contributed by atoms with Gasteiger partial charge in [0.25, 0.3) is 0 Å². The van der Waals surface area contributed by atoms with Crippen molar-refractivity contribution in [2.75, 3.05) is 31.1 Å². The number of rotatable bonds is 3. The summed E-state index contributed by atoms with van der Waals surface area (Å²) in [5, 5.41) is 3.67. The Balaban J connectivity index is 1.56. The molecule has 1 N–H and O–H groups in total. The van der Waals surface area contributed by atoms with Gasteiger partial charge >= 0.3 is 0 Å². The summed E-state index contributed by atoms with van der Waals surface area (Å²) in [5.41, 5.74) is 1.46. The summed E-state index contributed by atoms with van der Waals surface area (Å²) in [5.74, 6) is 2.70.